The highest BCUT2D eigenvalue weighted by atomic mass is 16.5. The number of carbonyl (C=O) groups is 1. The molecule has 0 unspecified atom stereocenters. The highest BCUT2D eigenvalue weighted by Gasteiger charge is 2.23. The Morgan fingerprint density at radius 1 is 1.15 bits per heavy atom. The standard InChI is InChI=1S/C21H28N4O2/c1-4-22-21(26)25-13-11-19(12-14-25)27-18-8-5-16(6-9-18)17-7-10-20(23-15-17)24(2)3/h5-10,15,19H,4,11-14H2,1-3H3,(H,22,26). The molecular weight excluding hydrogens is 340 g/mol. The minimum atomic E-state index is 0.0224. The summed E-state index contributed by atoms with van der Waals surface area (Å²) < 4.78 is 6.10. The molecule has 0 spiro atoms. The normalized spacial score (nSPS) is 14.7. The SMILES string of the molecule is CCNC(=O)N1CCC(Oc2ccc(-c3ccc(N(C)C)nc3)cc2)CC1. The Morgan fingerprint density at radius 2 is 1.81 bits per heavy atom. The van der Waals surface area contributed by atoms with Crippen LogP contribution in [0.4, 0.5) is 10.6 Å². The van der Waals surface area contributed by atoms with Crippen LogP contribution in [0.5, 0.6) is 5.75 Å². The molecule has 27 heavy (non-hydrogen) atoms. The van der Waals surface area contributed by atoms with Gasteiger partial charge in [0, 0.05) is 58.3 Å². The average molecular weight is 368 g/mol. The highest BCUT2D eigenvalue weighted by Crippen LogP contribution is 2.25. The van der Waals surface area contributed by atoms with Crippen molar-refractivity contribution >= 4 is 11.8 Å². The van der Waals surface area contributed by atoms with Crippen LogP contribution in [0.1, 0.15) is 19.8 Å². The van der Waals surface area contributed by atoms with Crippen molar-refractivity contribution in [1.29, 1.82) is 0 Å². The molecular formula is C21H28N4O2. The topological polar surface area (TPSA) is 57.7 Å². The Kier molecular flexibility index (Phi) is 6.16. The van der Waals surface area contributed by atoms with Gasteiger partial charge in [0.2, 0.25) is 0 Å². The summed E-state index contributed by atoms with van der Waals surface area (Å²) in [5, 5.41) is 2.85. The molecule has 0 atom stereocenters. The van der Waals surface area contributed by atoms with Crippen LogP contribution < -0.4 is 15.0 Å². The van der Waals surface area contributed by atoms with E-state index in [-0.39, 0.29) is 12.1 Å². The first-order valence-corrected chi connectivity index (χ1v) is 9.50. The summed E-state index contributed by atoms with van der Waals surface area (Å²) >= 11 is 0. The van der Waals surface area contributed by atoms with E-state index in [0.29, 0.717) is 6.54 Å². The fourth-order valence-electron chi connectivity index (χ4n) is 3.18. The Balaban J connectivity index is 1.55. The van der Waals surface area contributed by atoms with Crippen molar-refractivity contribution in [3.05, 3.63) is 42.6 Å². The average Bonchev–Trinajstić information content (AvgIpc) is 2.69. The molecule has 0 aliphatic carbocycles. The summed E-state index contributed by atoms with van der Waals surface area (Å²) in [6.45, 7) is 4.07. The number of ether oxygens (including phenoxy) is 1. The third-order valence-corrected chi connectivity index (χ3v) is 4.75. The summed E-state index contributed by atoms with van der Waals surface area (Å²) in [6, 6.07) is 12.2. The van der Waals surface area contributed by atoms with Crippen molar-refractivity contribution in [2.45, 2.75) is 25.9 Å². The number of nitrogens with zero attached hydrogens (tertiary/aromatic N) is 3. The lowest BCUT2D eigenvalue weighted by atomic mass is 10.1. The molecule has 3 rings (SSSR count). The number of carbonyl (C=O) groups excluding carboxylic acids is 1. The monoisotopic (exact) mass is 368 g/mol. The largest absolute Gasteiger partial charge is 0.490 e. The van der Waals surface area contributed by atoms with E-state index >= 15 is 0 Å². The number of rotatable bonds is 5. The second-order valence-corrected chi connectivity index (χ2v) is 6.96. The van der Waals surface area contributed by atoms with E-state index in [1.807, 2.05) is 55.2 Å². The van der Waals surface area contributed by atoms with E-state index in [1.165, 1.54) is 0 Å². The molecule has 6 heteroatoms. The van der Waals surface area contributed by atoms with Crippen LogP contribution in [0, 0.1) is 0 Å². The molecule has 1 saturated heterocycles. The molecule has 0 saturated carbocycles. The quantitative estimate of drug-likeness (QED) is 0.879. The number of pyridine rings is 1. The zero-order valence-electron chi connectivity index (χ0n) is 16.3. The summed E-state index contributed by atoms with van der Waals surface area (Å²) in [6.07, 6.45) is 3.76. The predicted octanol–water partition coefficient (Wildman–Crippen LogP) is 3.39. The van der Waals surface area contributed by atoms with Crippen LogP contribution in [0.15, 0.2) is 42.6 Å². The van der Waals surface area contributed by atoms with Gasteiger partial charge in [0.25, 0.3) is 0 Å². The number of piperidine rings is 1. The molecule has 0 radical (unpaired) electrons. The van der Waals surface area contributed by atoms with Crippen LogP contribution >= 0.6 is 0 Å². The number of aromatic nitrogens is 1. The number of hydrogen-bond donors (Lipinski definition) is 1. The highest BCUT2D eigenvalue weighted by molar-refractivity contribution is 5.74. The lowest BCUT2D eigenvalue weighted by Crippen LogP contribution is -2.46. The van der Waals surface area contributed by atoms with E-state index in [4.69, 9.17) is 4.74 Å². The van der Waals surface area contributed by atoms with Gasteiger partial charge in [-0.2, -0.15) is 0 Å². The Labute approximate surface area is 161 Å². The Morgan fingerprint density at radius 3 is 2.37 bits per heavy atom. The number of urea groups is 1. The second-order valence-electron chi connectivity index (χ2n) is 6.96. The number of likely N-dealkylation sites (tertiary alicyclic amines) is 1. The number of nitrogens with one attached hydrogen (secondary N) is 1. The predicted molar refractivity (Wildman–Crippen MR) is 108 cm³/mol. The molecule has 1 N–H and O–H groups in total. The molecule has 144 valence electrons. The van der Waals surface area contributed by atoms with Crippen molar-refractivity contribution in [3.8, 4) is 16.9 Å². The smallest absolute Gasteiger partial charge is 0.317 e. The van der Waals surface area contributed by atoms with E-state index in [1.54, 1.807) is 0 Å². The van der Waals surface area contributed by atoms with Gasteiger partial charge in [0.15, 0.2) is 0 Å². The first-order valence-electron chi connectivity index (χ1n) is 9.50. The summed E-state index contributed by atoms with van der Waals surface area (Å²) in [5.74, 6) is 1.81. The van der Waals surface area contributed by atoms with Crippen LogP contribution in [-0.4, -0.2) is 55.7 Å². The summed E-state index contributed by atoms with van der Waals surface area (Å²) in [7, 11) is 3.96. The maximum absolute atomic E-state index is 11.9. The van der Waals surface area contributed by atoms with Crippen molar-refractivity contribution in [2.75, 3.05) is 38.6 Å². The molecule has 6 nitrogen and oxygen atoms in total. The molecule has 2 heterocycles. The fraction of sp³-hybridized carbons (Fsp3) is 0.429. The lowest BCUT2D eigenvalue weighted by molar-refractivity contribution is 0.111. The van der Waals surface area contributed by atoms with Gasteiger partial charge >= 0.3 is 6.03 Å². The first kappa shape index (κ1) is 19.0. The van der Waals surface area contributed by atoms with Gasteiger partial charge in [-0.05, 0) is 36.8 Å². The van der Waals surface area contributed by atoms with Gasteiger partial charge in [-0.25, -0.2) is 9.78 Å². The van der Waals surface area contributed by atoms with Crippen molar-refractivity contribution in [1.82, 2.24) is 15.2 Å². The summed E-state index contributed by atoms with van der Waals surface area (Å²) in [4.78, 5) is 20.2. The zero-order chi connectivity index (χ0) is 19.2. The molecule has 1 aliphatic heterocycles. The lowest BCUT2D eigenvalue weighted by Gasteiger charge is -2.32. The fourth-order valence-corrected chi connectivity index (χ4v) is 3.18. The Bertz CT molecular complexity index is 736. The minimum Gasteiger partial charge on any atom is -0.490 e. The van der Waals surface area contributed by atoms with E-state index < -0.39 is 0 Å². The van der Waals surface area contributed by atoms with Crippen LogP contribution in [-0.2, 0) is 0 Å². The van der Waals surface area contributed by atoms with E-state index in [9.17, 15) is 4.79 Å². The molecule has 2 amide bonds. The number of hydrogen-bond acceptors (Lipinski definition) is 4. The maximum atomic E-state index is 11.9. The molecule has 1 aromatic heterocycles. The van der Waals surface area contributed by atoms with Crippen molar-refractivity contribution < 1.29 is 9.53 Å². The van der Waals surface area contributed by atoms with Crippen LogP contribution in [0.3, 0.4) is 0 Å². The van der Waals surface area contributed by atoms with Crippen molar-refractivity contribution in [2.24, 2.45) is 0 Å². The van der Waals surface area contributed by atoms with Gasteiger partial charge < -0.3 is 19.9 Å². The zero-order valence-corrected chi connectivity index (χ0v) is 16.3. The van der Waals surface area contributed by atoms with E-state index in [0.717, 1.165) is 48.6 Å². The first-order chi connectivity index (χ1) is 13.1. The second kappa shape index (κ2) is 8.75. The molecule has 1 fully saturated rings. The molecule has 1 aromatic carbocycles. The maximum Gasteiger partial charge on any atom is 0.317 e. The third-order valence-electron chi connectivity index (χ3n) is 4.75. The summed E-state index contributed by atoms with van der Waals surface area (Å²) in [5.41, 5.74) is 2.20. The van der Waals surface area contributed by atoms with Gasteiger partial charge in [-0.1, -0.05) is 12.1 Å². The van der Waals surface area contributed by atoms with Gasteiger partial charge in [0.05, 0.1) is 0 Å². The van der Waals surface area contributed by atoms with E-state index in [2.05, 4.69) is 28.5 Å². The minimum absolute atomic E-state index is 0.0224. The molecule has 1 aliphatic rings. The number of anilines is 1. The molecule has 2 aromatic rings. The van der Waals surface area contributed by atoms with Gasteiger partial charge in [-0.15, -0.1) is 0 Å². The Hall–Kier alpha value is -2.76. The number of benzene rings is 1. The van der Waals surface area contributed by atoms with Crippen LogP contribution in [0.2, 0.25) is 0 Å². The number of amides is 2. The molecule has 0 bridgehead atoms. The van der Waals surface area contributed by atoms with Gasteiger partial charge in [-0.3, -0.25) is 0 Å². The third kappa shape index (κ3) is 4.90. The van der Waals surface area contributed by atoms with Gasteiger partial charge in [0.1, 0.15) is 17.7 Å². The van der Waals surface area contributed by atoms with Crippen molar-refractivity contribution in [3.63, 3.8) is 0 Å². The van der Waals surface area contributed by atoms with Crippen LogP contribution in [0.25, 0.3) is 11.1 Å².